The normalized spacial score (nSPS) is 11.7. The van der Waals surface area contributed by atoms with Crippen molar-refractivity contribution in [2.75, 3.05) is 19.0 Å². The highest BCUT2D eigenvalue weighted by Gasteiger charge is 2.17. The summed E-state index contributed by atoms with van der Waals surface area (Å²) in [7, 11) is 1.54. The summed E-state index contributed by atoms with van der Waals surface area (Å²) >= 11 is 0. The second kappa shape index (κ2) is 8.34. The van der Waals surface area contributed by atoms with Crippen molar-refractivity contribution >= 4 is 17.5 Å². The Hall–Kier alpha value is -2.80. The summed E-state index contributed by atoms with van der Waals surface area (Å²) in [6.45, 7) is 3.74. The molecule has 1 unspecified atom stereocenters. The zero-order valence-corrected chi connectivity index (χ0v) is 14.5. The Morgan fingerprint density at radius 3 is 2.44 bits per heavy atom. The van der Waals surface area contributed by atoms with Crippen LogP contribution < -0.4 is 15.4 Å². The van der Waals surface area contributed by atoms with Gasteiger partial charge in [-0.3, -0.25) is 9.59 Å². The van der Waals surface area contributed by atoms with E-state index >= 15 is 0 Å². The minimum absolute atomic E-state index is 0.166. The molecule has 0 aliphatic carbocycles. The lowest BCUT2D eigenvalue weighted by molar-refractivity contribution is -0.136. The van der Waals surface area contributed by atoms with Crippen LogP contribution in [0.3, 0.4) is 0 Å². The molecule has 1 heterocycles. The summed E-state index contributed by atoms with van der Waals surface area (Å²) in [5.41, 5.74) is 1.18. The summed E-state index contributed by atoms with van der Waals surface area (Å²) in [4.78, 5) is 23.6. The lowest BCUT2D eigenvalue weighted by Crippen LogP contribution is -2.36. The number of anilines is 1. The van der Waals surface area contributed by atoms with Gasteiger partial charge in [-0.25, -0.2) is 0 Å². The fourth-order valence-corrected chi connectivity index (χ4v) is 2.40. The minimum atomic E-state index is -0.769. The van der Waals surface area contributed by atoms with Gasteiger partial charge in [0.2, 0.25) is 0 Å². The van der Waals surface area contributed by atoms with Gasteiger partial charge in [-0.15, -0.1) is 0 Å². The molecule has 1 aromatic carbocycles. The van der Waals surface area contributed by atoms with Gasteiger partial charge in [0.15, 0.2) is 0 Å². The first-order valence-corrected chi connectivity index (χ1v) is 7.89. The van der Waals surface area contributed by atoms with E-state index in [4.69, 9.17) is 9.15 Å². The lowest BCUT2D eigenvalue weighted by atomic mass is 10.1. The monoisotopic (exact) mass is 346 g/mol. The van der Waals surface area contributed by atoms with Crippen LogP contribution in [0.25, 0.3) is 0 Å². The maximum absolute atomic E-state index is 11.8. The first-order valence-electron chi connectivity index (χ1n) is 7.89. The Bertz CT molecular complexity index is 736. The molecular formula is C18H22N2O5. The highest BCUT2D eigenvalue weighted by Crippen LogP contribution is 2.23. The van der Waals surface area contributed by atoms with Crippen molar-refractivity contribution in [2.24, 2.45) is 0 Å². The standard InChI is InChI=1S/C18H22N2O5/c1-11-10-15(12(2)25-11)16(21)8-9-19-17(22)18(23)20-13-4-6-14(24-3)7-5-13/h4-7,10,16,21H,8-9H2,1-3H3,(H,19,22)(H,20,23). The van der Waals surface area contributed by atoms with Gasteiger partial charge in [0.25, 0.3) is 0 Å². The van der Waals surface area contributed by atoms with Crippen LogP contribution in [-0.4, -0.2) is 30.6 Å². The molecule has 7 nitrogen and oxygen atoms in total. The van der Waals surface area contributed by atoms with Crippen LogP contribution in [0, 0.1) is 13.8 Å². The van der Waals surface area contributed by atoms with Crippen LogP contribution in [0.1, 0.15) is 29.6 Å². The molecule has 2 amide bonds. The molecule has 0 aliphatic heterocycles. The topological polar surface area (TPSA) is 101 Å². The van der Waals surface area contributed by atoms with E-state index in [0.717, 1.165) is 5.76 Å². The van der Waals surface area contributed by atoms with E-state index in [2.05, 4.69) is 10.6 Å². The Kier molecular flexibility index (Phi) is 6.19. The molecule has 0 saturated heterocycles. The number of benzene rings is 1. The van der Waals surface area contributed by atoms with E-state index in [1.54, 1.807) is 51.3 Å². The van der Waals surface area contributed by atoms with Crippen LogP contribution >= 0.6 is 0 Å². The second-order valence-electron chi connectivity index (χ2n) is 5.61. The average molecular weight is 346 g/mol. The van der Waals surface area contributed by atoms with Crippen LogP contribution in [0.2, 0.25) is 0 Å². The molecule has 0 fully saturated rings. The minimum Gasteiger partial charge on any atom is -0.497 e. The van der Waals surface area contributed by atoms with Crippen LogP contribution in [-0.2, 0) is 9.59 Å². The molecule has 2 aromatic rings. The van der Waals surface area contributed by atoms with E-state index in [1.165, 1.54) is 0 Å². The molecule has 0 bridgehead atoms. The number of furan rings is 1. The number of methoxy groups -OCH3 is 1. The molecule has 0 radical (unpaired) electrons. The predicted molar refractivity (Wildman–Crippen MR) is 92.4 cm³/mol. The van der Waals surface area contributed by atoms with E-state index in [-0.39, 0.29) is 13.0 Å². The zero-order valence-electron chi connectivity index (χ0n) is 14.5. The summed E-state index contributed by atoms with van der Waals surface area (Å²) in [5, 5.41) is 15.1. The molecule has 7 heteroatoms. The molecule has 0 saturated carbocycles. The molecule has 2 rings (SSSR count). The van der Waals surface area contributed by atoms with Gasteiger partial charge in [-0.1, -0.05) is 0 Å². The van der Waals surface area contributed by atoms with Crippen molar-refractivity contribution < 1.29 is 23.8 Å². The first kappa shape index (κ1) is 18.5. The lowest BCUT2D eigenvalue weighted by Gasteiger charge is -2.11. The van der Waals surface area contributed by atoms with Crippen molar-refractivity contribution in [3.05, 3.63) is 47.4 Å². The Morgan fingerprint density at radius 2 is 1.88 bits per heavy atom. The number of amides is 2. The van der Waals surface area contributed by atoms with Crippen LogP contribution in [0.4, 0.5) is 5.69 Å². The highest BCUT2D eigenvalue weighted by molar-refractivity contribution is 6.39. The molecule has 1 aromatic heterocycles. The summed E-state index contributed by atoms with van der Waals surface area (Å²) in [6, 6.07) is 8.39. The SMILES string of the molecule is COc1ccc(NC(=O)C(=O)NCCC(O)c2cc(C)oc2C)cc1. The van der Waals surface area contributed by atoms with Crippen molar-refractivity contribution in [1.29, 1.82) is 0 Å². The van der Waals surface area contributed by atoms with E-state index in [9.17, 15) is 14.7 Å². The maximum Gasteiger partial charge on any atom is 0.313 e. The number of hydrogen-bond acceptors (Lipinski definition) is 5. The molecule has 134 valence electrons. The molecule has 0 spiro atoms. The van der Waals surface area contributed by atoms with Gasteiger partial charge in [-0.05, 0) is 50.6 Å². The highest BCUT2D eigenvalue weighted by atomic mass is 16.5. The summed E-state index contributed by atoms with van der Waals surface area (Å²) in [6.07, 6.45) is -0.483. The van der Waals surface area contributed by atoms with Crippen LogP contribution in [0.5, 0.6) is 5.75 Å². The van der Waals surface area contributed by atoms with Gasteiger partial charge in [0.1, 0.15) is 17.3 Å². The maximum atomic E-state index is 11.8. The fourth-order valence-electron chi connectivity index (χ4n) is 2.40. The first-order chi connectivity index (χ1) is 11.9. The fraction of sp³-hybridized carbons (Fsp3) is 0.333. The third-order valence-electron chi connectivity index (χ3n) is 3.70. The third kappa shape index (κ3) is 5.09. The quantitative estimate of drug-likeness (QED) is 0.695. The van der Waals surface area contributed by atoms with Gasteiger partial charge >= 0.3 is 11.8 Å². The number of aryl methyl sites for hydroxylation is 2. The van der Waals surface area contributed by atoms with Crippen molar-refractivity contribution in [2.45, 2.75) is 26.4 Å². The number of ether oxygens (including phenoxy) is 1. The van der Waals surface area contributed by atoms with Gasteiger partial charge in [0.05, 0.1) is 13.2 Å². The van der Waals surface area contributed by atoms with E-state index in [1.807, 2.05) is 0 Å². The van der Waals surface area contributed by atoms with Gasteiger partial charge in [-0.2, -0.15) is 0 Å². The molecule has 1 atom stereocenters. The number of rotatable bonds is 6. The smallest absolute Gasteiger partial charge is 0.313 e. The van der Waals surface area contributed by atoms with Crippen molar-refractivity contribution in [1.82, 2.24) is 5.32 Å². The number of hydrogen-bond donors (Lipinski definition) is 3. The molecule has 25 heavy (non-hydrogen) atoms. The van der Waals surface area contributed by atoms with Gasteiger partial charge < -0.3 is 24.9 Å². The van der Waals surface area contributed by atoms with Gasteiger partial charge in [0, 0.05) is 17.8 Å². The second-order valence-corrected chi connectivity index (χ2v) is 5.61. The van der Waals surface area contributed by atoms with Crippen molar-refractivity contribution in [3.63, 3.8) is 0 Å². The summed E-state index contributed by atoms with van der Waals surface area (Å²) in [5.74, 6) is 0.488. The Labute approximate surface area is 146 Å². The number of carbonyl (C=O) groups excluding carboxylic acids is 2. The van der Waals surface area contributed by atoms with E-state index < -0.39 is 17.9 Å². The molecule has 0 aliphatic rings. The molecular weight excluding hydrogens is 324 g/mol. The van der Waals surface area contributed by atoms with E-state index in [0.29, 0.717) is 22.8 Å². The molecule has 3 N–H and O–H groups in total. The largest absolute Gasteiger partial charge is 0.497 e. The third-order valence-corrected chi connectivity index (χ3v) is 3.70. The Morgan fingerprint density at radius 1 is 1.20 bits per heavy atom. The zero-order chi connectivity index (χ0) is 18.4. The number of nitrogens with one attached hydrogen (secondary N) is 2. The van der Waals surface area contributed by atoms with Crippen molar-refractivity contribution in [3.8, 4) is 5.75 Å². The number of carbonyl (C=O) groups is 2. The van der Waals surface area contributed by atoms with Crippen LogP contribution in [0.15, 0.2) is 34.7 Å². The predicted octanol–water partition coefficient (Wildman–Crippen LogP) is 2.08. The number of aliphatic hydroxyl groups excluding tert-OH is 1. The Balaban J connectivity index is 1.79. The number of aliphatic hydroxyl groups is 1. The average Bonchev–Trinajstić information content (AvgIpc) is 2.93. The summed E-state index contributed by atoms with van der Waals surface area (Å²) < 4.78 is 10.4.